The van der Waals surface area contributed by atoms with Gasteiger partial charge in [-0.15, -0.1) is 0 Å². The number of aromatic amines is 1. The average molecular weight is 317 g/mol. The molecule has 3 heterocycles. The number of benzene rings is 1. The molecule has 2 aliphatic heterocycles. The summed E-state index contributed by atoms with van der Waals surface area (Å²) in [7, 11) is 0. The third-order valence-electron chi connectivity index (χ3n) is 4.48. The van der Waals surface area contributed by atoms with Gasteiger partial charge in [-0.2, -0.15) is 5.10 Å². The first-order chi connectivity index (χ1) is 10.7. The van der Waals surface area contributed by atoms with E-state index in [-0.39, 0.29) is 5.91 Å². The first kappa shape index (κ1) is 13.8. The van der Waals surface area contributed by atoms with Gasteiger partial charge in [-0.1, -0.05) is 17.7 Å². The number of carbonyl (C=O) groups excluding carboxylic acids is 1. The van der Waals surface area contributed by atoms with Crippen molar-refractivity contribution in [2.45, 2.75) is 25.9 Å². The Bertz CT molecular complexity index is 740. The van der Waals surface area contributed by atoms with Crippen LogP contribution >= 0.6 is 11.6 Å². The van der Waals surface area contributed by atoms with Gasteiger partial charge in [0.05, 0.1) is 0 Å². The van der Waals surface area contributed by atoms with Crippen molar-refractivity contribution >= 4 is 17.5 Å². The number of rotatable bonds is 1. The number of nitrogens with zero attached hydrogens (tertiary/aromatic N) is 2. The number of aromatic nitrogens is 2. The third-order valence-corrected chi connectivity index (χ3v) is 4.71. The zero-order valence-electron chi connectivity index (χ0n) is 12.2. The fraction of sp³-hybridized carbons (Fsp3) is 0.375. The number of hydrogen-bond acceptors (Lipinski definition) is 3. The topological polar surface area (TPSA) is 61.0 Å². The molecule has 1 aromatic carbocycles. The SMILES string of the molecule is O=C(c1n[nH]c2c1CNCC2)N1CCc2ccc(Cl)cc2C1. The van der Waals surface area contributed by atoms with Gasteiger partial charge in [-0.05, 0) is 29.7 Å². The number of H-pyrrole nitrogens is 1. The van der Waals surface area contributed by atoms with Crippen molar-refractivity contribution in [1.29, 1.82) is 0 Å². The molecule has 6 heteroatoms. The van der Waals surface area contributed by atoms with Crippen LogP contribution in [-0.4, -0.2) is 34.1 Å². The summed E-state index contributed by atoms with van der Waals surface area (Å²) in [4.78, 5) is 14.7. The van der Waals surface area contributed by atoms with E-state index in [1.165, 1.54) is 5.56 Å². The molecule has 4 rings (SSSR count). The first-order valence-corrected chi connectivity index (χ1v) is 7.93. The number of amides is 1. The van der Waals surface area contributed by atoms with E-state index >= 15 is 0 Å². The van der Waals surface area contributed by atoms with E-state index in [2.05, 4.69) is 21.6 Å². The molecule has 0 spiro atoms. The lowest BCUT2D eigenvalue weighted by Gasteiger charge is -2.29. The predicted molar refractivity (Wildman–Crippen MR) is 83.9 cm³/mol. The Balaban J connectivity index is 1.60. The second-order valence-electron chi connectivity index (χ2n) is 5.85. The van der Waals surface area contributed by atoms with Gasteiger partial charge in [0.2, 0.25) is 0 Å². The Kier molecular flexibility index (Phi) is 3.39. The van der Waals surface area contributed by atoms with E-state index in [0.717, 1.165) is 47.8 Å². The maximum Gasteiger partial charge on any atom is 0.275 e. The van der Waals surface area contributed by atoms with E-state index in [9.17, 15) is 4.79 Å². The number of hydrogen-bond donors (Lipinski definition) is 2. The maximum absolute atomic E-state index is 12.8. The van der Waals surface area contributed by atoms with Crippen molar-refractivity contribution in [2.24, 2.45) is 0 Å². The lowest BCUT2D eigenvalue weighted by molar-refractivity contribution is 0.0727. The highest BCUT2D eigenvalue weighted by Crippen LogP contribution is 2.25. The summed E-state index contributed by atoms with van der Waals surface area (Å²) in [6, 6.07) is 5.92. The van der Waals surface area contributed by atoms with Crippen molar-refractivity contribution in [3.05, 3.63) is 51.3 Å². The number of carbonyl (C=O) groups is 1. The minimum atomic E-state index is 0.00632. The lowest BCUT2D eigenvalue weighted by Crippen LogP contribution is -2.37. The highest BCUT2D eigenvalue weighted by molar-refractivity contribution is 6.30. The maximum atomic E-state index is 12.8. The van der Waals surface area contributed by atoms with Crippen LogP contribution in [0.4, 0.5) is 0 Å². The summed E-state index contributed by atoms with van der Waals surface area (Å²) in [6.07, 6.45) is 1.76. The largest absolute Gasteiger partial charge is 0.333 e. The molecule has 0 unspecified atom stereocenters. The van der Waals surface area contributed by atoms with Crippen molar-refractivity contribution < 1.29 is 4.79 Å². The highest BCUT2D eigenvalue weighted by Gasteiger charge is 2.27. The molecule has 0 saturated carbocycles. The summed E-state index contributed by atoms with van der Waals surface area (Å²) >= 11 is 6.07. The van der Waals surface area contributed by atoms with Crippen LogP contribution in [0.15, 0.2) is 18.2 Å². The Hall–Kier alpha value is -1.85. The molecule has 0 fully saturated rings. The third kappa shape index (κ3) is 2.30. The molecule has 5 nitrogen and oxygen atoms in total. The van der Waals surface area contributed by atoms with Crippen LogP contribution in [0.25, 0.3) is 0 Å². The first-order valence-electron chi connectivity index (χ1n) is 7.56. The molecular formula is C16H17ClN4O. The second kappa shape index (κ2) is 5.41. The Morgan fingerprint density at radius 3 is 3.09 bits per heavy atom. The van der Waals surface area contributed by atoms with Crippen LogP contribution in [0.5, 0.6) is 0 Å². The molecule has 0 atom stereocenters. The lowest BCUT2D eigenvalue weighted by atomic mass is 9.99. The zero-order valence-corrected chi connectivity index (χ0v) is 12.9. The van der Waals surface area contributed by atoms with Crippen molar-refractivity contribution in [1.82, 2.24) is 20.4 Å². The van der Waals surface area contributed by atoms with Gasteiger partial charge in [-0.25, -0.2) is 0 Å². The fourth-order valence-electron chi connectivity index (χ4n) is 3.25. The van der Waals surface area contributed by atoms with Crippen LogP contribution in [0.3, 0.4) is 0 Å². The van der Waals surface area contributed by atoms with E-state index < -0.39 is 0 Å². The fourth-order valence-corrected chi connectivity index (χ4v) is 3.45. The summed E-state index contributed by atoms with van der Waals surface area (Å²) in [5, 5.41) is 11.3. The molecule has 2 aliphatic rings. The van der Waals surface area contributed by atoms with Crippen molar-refractivity contribution in [3.63, 3.8) is 0 Å². The van der Waals surface area contributed by atoms with Gasteiger partial charge in [0.15, 0.2) is 5.69 Å². The van der Waals surface area contributed by atoms with Crippen molar-refractivity contribution in [3.8, 4) is 0 Å². The molecule has 2 N–H and O–H groups in total. The minimum Gasteiger partial charge on any atom is -0.333 e. The quantitative estimate of drug-likeness (QED) is 0.845. The van der Waals surface area contributed by atoms with Crippen LogP contribution in [0.2, 0.25) is 5.02 Å². The Morgan fingerprint density at radius 1 is 1.27 bits per heavy atom. The molecule has 1 aromatic heterocycles. The molecule has 0 saturated heterocycles. The number of halogens is 1. The standard InChI is InChI=1S/C16H17ClN4O/c17-12-2-1-10-4-6-21(9-11(10)7-12)16(22)15-13-8-18-5-3-14(13)19-20-15/h1-2,7,18H,3-6,8-9H2,(H,19,20). The van der Waals surface area contributed by atoms with Gasteiger partial charge in [-0.3, -0.25) is 9.89 Å². The predicted octanol–water partition coefficient (Wildman–Crippen LogP) is 1.91. The van der Waals surface area contributed by atoms with Gasteiger partial charge in [0.25, 0.3) is 5.91 Å². The van der Waals surface area contributed by atoms with Crippen LogP contribution in [0, 0.1) is 0 Å². The van der Waals surface area contributed by atoms with Gasteiger partial charge >= 0.3 is 0 Å². The average Bonchev–Trinajstić information content (AvgIpc) is 2.97. The van der Waals surface area contributed by atoms with Gasteiger partial charge < -0.3 is 10.2 Å². The molecule has 0 bridgehead atoms. The van der Waals surface area contributed by atoms with Crippen molar-refractivity contribution in [2.75, 3.05) is 13.1 Å². The van der Waals surface area contributed by atoms with E-state index in [4.69, 9.17) is 11.6 Å². The number of nitrogens with one attached hydrogen (secondary N) is 2. The molecule has 22 heavy (non-hydrogen) atoms. The van der Waals surface area contributed by atoms with Gasteiger partial charge in [0.1, 0.15) is 0 Å². The molecule has 2 aromatic rings. The smallest absolute Gasteiger partial charge is 0.275 e. The van der Waals surface area contributed by atoms with Crippen LogP contribution < -0.4 is 5.32 Å². The summed E-state index contributed by atoms with van der Waals surface area (Å²) < 4.78 is 0. The zero-order chi connectivity index (χ0) is 15.1. The molecular weight excluding hydrogens is 300 g/mol. The number of fused-ring (bicyclic) bond motifs is 2. The summed E-state index contributed by atoms with van der Waals surface area (Å²) in [5.41, 5.74) is 5.08. The highest BCUT2D eigenvalue weighted by atomic mass is 35.5. The monoisotopic (exact) mass is 316 g/mol. The minimum absolute atomic E-state index is 0.00632. The molecule has 0 radical (unpaired) electrons. The molecule has 0 aliphatic carbocycles. The van der Waals surface area contributed by atoms with Crippen LogP contribution in [-0.2, 0) is 25.9 Å². The second-order valence-corrected chi connectivity index (χ2v) is 6.28. The van der Waals surface area contributed by atoms with E-state index in [0.29, 0.717) is 18.8 Å². The Labute approximate surface area is 133 Å². The summed E-state index contributed by atoms with van der Waals surface area (Å²) in [6.45, 7) is 2.97. The Morgan fingerprint density at radius 2 is 2.18 bits per heavy atom. The molecule has 114 valence electrons. The van der Waals surface area contributed by atoms with Crippen LogP contribution in [0.1, 0.15) is 32.9 Å². The normalized spacial score (nSPS) is 17.0. The van der Waals surface area contributed by atoms with E-state index in [1.54, 1.807) is 0 Å². The van der Waals surface area contributed by atoms with E-state index in [1.807, 2.05) is 17.0 Å². The van der Waals surface area contributed by atoms with Gasteiger partial charge in [0, 0.05) is 48.9 Å². The molecule has 1 amide bonds. The summed E-state index contributed by atoms with van der Waals surface area (Å²) in [5.74, 6) is 0.00632.